The first-order chi connectivity index (χ1) is 10.1. The van der Waals surface area contributed by atoms with E-state index in [4.69, 9.17) is 0 Å². The summed E-state index contributed by atoms with van der Waals surface area (Å²) in [6, 6.07) is 0.772. The molecule has 3 fully saturated rings. The number of hydrogen-bond acceptors (Lipinski definition) is 3. The standard InChI is InChI=1S/C15H29N3O2S/c19-21(20,18-9-4-1-5-10-18)16-12-14-8-11-17(13-14)15-6-2-3-7-15/h14-16H,1-13H2. The van der Waals surface area contributed by atoms with E-state index < -0.39 is 10.2 Å². The fourth-order valence-electron chi connectivity index (χ4n) is 4.05. The molecule has 2 heterocycles. The fourth-order valence-corrected chi connectivity index (χ4v) is 5.42. The van der Waals surface area contributed by atoms with E-state index in [0.717, 1.165) is 44.8 Å². The molecule has 0 aromatic heterocycles. The summed E-state index contributed by atoms with van der Waals surface area (Å²) in [4.78, 5) is 2.59. The molecule has 3 rings (SSSR count). The van der Waals surface area contributed by atoms with Crippen molar-refractivity contribution in [3.8, 4) is 0 Å². The molecule has 2 aliphatic heterocycles. The van der Waals surface area contributed by atoms with Crippen LogP contribution in [-0.4, -0.2) is 56.4 Å². The molecule has 6 heteroatoms. The molecule has 0 amide bonds. The smallest absolute Gasteiger partial charge is 0.279 e. The molecule has 1 N–H and O–H groups in total. The van der Waals surface area contributed by atoms with E-state index >= 15 is 0 Å². The molecular weight excluding hydrogens is 286 g/mol. The Morgan fingerprint density at radius 1 is 0.905 bits per heavy atom. The number of likely N-dealkylation sites (tertiary alicyclic amines) is 1. The second kappa shape index (κ2) is 6.94. The van der Waals surface area contributed by atoms with Crippen LogP contribution in [-0.2, 0) is 10.2 Å². The molecule has 0 bridgehead atoms. The van der Waals surface area contributed by atoms with Gasteiger partial charge in [-0.3, -0.25) is 0 Å². The Labute approximate surface area is 129 Å². The molecule has 0 radical (unpaired) electrons. The van der Waals surface area contributed by atoms with E-state index in [9.17, 15) is 8.42 Å². The van der Waals surface area contributed by atoms with Crippen molar-refractivity contribution in [3.05, 3.63) is 0 Å². The maximum absolute atomic E-state index is 12.3. The van der Waals surface area contributed by atoms with Gasteiger partial charge < -0.3 is 4.90 Å². The lowest BCUT2D eigenvalue weighted by Crippen LogP contribution is -2.45. The summed E-state index contributed by atoms with van der Waals surface area (Å²) >= 11 is 0. The highest BCUT2D eigenvalue weighted by Crippen LogP contribution is 2.28. The molecular formula is C15H29N3O2S. The SMILES string of the molecule is O=S(=O)(NCC1CCN(C2CCCC2)C1)N1CCCCC1. The predicted molar refractivity (Wildman–Crippen MR) is 84.3 cm³/mol. The lowest BCUT2D eigenvalue weighted by molar-refractivity contribution is 0.237. The van der Waals surface area contributed by atoms with Crippen LogP contribution in [0.1, 0.15) is 51.4 Å². The van der Waals surface area contributed by atoms with Crippen molar-refractivity contribution in [2.24, 2.45) is 5.92 Å². The van der Waals surface area contributed by atoms with Gasteiger partial charge in [0, 0.05) is 32.2 Å². The first-order valence-electron chi connectivity index (χ1n) is 8.64. The summed E-state index contributed by atoms with van der Waals surface area (Å²) < 4.78 is 29.0. The lowest BCUT2D eigenvalue weighted by atomic mass is 10.1. The molecule has 0 aromatic carbocycles. The van der Waals surface area contributed by atoms with Crippen molar-refractivity contribution in [2.75, 3.05) is 32.7 Å². The molecule has 21 heavy (non-hydrogen) atoms. The van der Waals surface area contributed by atoms with E-state index in [1.807, 2.05) is 0 Å². The molecule has 3 aliphatic rings. The minimum absolute atomic E-state index is 0.491. The van der Waals surface area contributed by atoms with Crippen LogP contribution in [0.2, 0.25) is 0 Å². The molecule has 5 nitrogen and oxygen atoms in total. The van der Waals surface area contributed by atoms with Crippen LogP contribution < -0.4 is 4.72 Å². The molecule has 1 saturated carbocycles. The van der Waals surface area contributed by atoms with Crippen molar-refractivity contribution in [1.29, 1.82) is 0 Å². The fraction of sp³-hybridized carbons (Fsp3) is 1.00. The minimum Gasteiger partial charge on any atom is -0.300 e. The highest BCUT2D eigenvalue weighted by molar-refractivity contribution is 7.87. The van der Waals surface area contributed by atoms with E-state index in [2.05, 4.69) is 9.62 Å². The van der Waals surface area contributed by atoms with Crippen LogP contribution in [0.3, 0.4) is 0 Å². The number of piperidine rings is 1. The highest BCUT2D eigenvalue weighted by atomic mass is 32.2. The topological polar surface area (TPSA) is 52.7 Å². The Kier molecular flexibility index (Phi) is 5.19. The van der Waals surface area contributed by atoms with Crippen LogP contribution in [0.4, 0.5) is 0 Å². The minimum atomic E-state index is -3.24. The Bertz CT molecular complexity index is 428. The Hall–Kier alpha value is -0.170. The molecule has 0 aromatic rings. The highest BCUT2D eigenvalue weighted by Gasteiger charge is 2.31. The van der Waals surface area contributed by atoms with Gasteiger partial charge in [-0.05, 0) is 44.6 Å². The number of rotatable bonds is 5. The average molecular weight is 315 g/mol. The first-order valence-corrected chi connectivity index (χ1v) is 10.1. The van der Waals surface area contributed by atoms with Gasteiger partial charge in [0.05, 0.1) is 0 Å². The largest absolute Gasteiger partial charge is 0.300 e. The van der Waals surface area contributed by atoms with Crippen LogP contribution in [0, 0.1) is 5.92 Å². The van der Waals surface area contributed by atoms with Gasteiger partial charge >= 0.3 is 0 Å². The maximum Gasteiger partial charge on any atom is 0.279 e. The molecule has 1 unspecified atom stereocenters. The van der Waals surface area contributed by atoms with Gasteiger partial charge in [0.25, 0.3) is 10.2 Å². The Balaban J connectivity index is 1.44. The predicted octanol–water partition coefficient (Wildman–Crippen LogP) is 1.57. The molecule has 2 saturated heterocycles. The monoisotopic (exact) mass is 315 g/mol. The molecule has 122 valence electrons. The maximum atomic E-state index is 12.3. The normalized spacial score (nSPS) is 30.2. The van der Waals surface area contributed by atoms with Crippen molar-refractivity contribution in [2.45, 2.75) is 57.4 Å². The zero-order valence-corrected chi connectivity index (χ0v) is 13.8. The summed E-state index contributed by atoms with van der Waals surface area (Å²) in [7, 11) is -3.24. The first kappa shape index (κ1) is 15.7. The summed E-state index contributed by atoms with van der Waals surface area (Å²) in [6.07, 6.45) is 9.71. The molecule has 0 spiro atoms. The van der Waals surface area contributed by atoms with E-state index in [1.165, 1.54) is 25.7 Å². The summed E-state index contributed by atoms with van der Waals surface area (Å²) in [5.41, 5.74) is 0. The second-order valence-corrected chi connectivity index (χ2v) is 8.66. The summed E-state index contributed by atoms with van der Waals surface area (Å²) in [5, 5.41) is 0. The van der Waals surface area contributed by atoms with Gasteiger partial charge in [0.1, 0.15) is 0 Å². The van der Waals surface area contributed by atoms with Crippen LogP contribution in [0.25, 0.3) is 0 Å². The molecule has 1 atom stereocenters. The van der Waals surface area contributed by atoms with E-state index in [1.54, 1.807) is 4.31 Å². The van der Waals surface area contributed by atoms with Crippen LogP contribution >= 0.6 is 0 Å². The van der Waals surface area contributed by atoms with E-state index in [0.29, 0.717) is 25.6 Å². The van der Waals surface area contributed by atoms with Gasteiger partial charge in [-0.25, -0.2) is 4.72 Å². The van der Waals surface area contributed by atoms with Gasteiger partial charge in [0.2, 0.25) is 0 Å². The van der Waals surface area contributed by atoms with Crippen molar-refractivity contribution in [1.82, 2.24) is 13.9 Å². The third-order valence-electron chi connectivity index (χ3n) is 5.37. The number of hydrogen-bond donors (Lipinski definition) is 1. The van der Waals surface area contributed by atoms with Crippen LogP contribution in [0.15, 0.2) is 0 Å². The van der Waals surface area contributed by atoms with Gasteiger partial charge in [0.15, 0.2) is 0 Å². The van der Waals surface area contributed by atoms with Gasteiger partial charge in [-0.2, -0.15) is 12.7 Å². The molecule has 1 aliphatic carbocycles. The van der Waals surface area contributed by atoms with Crippen LogP contribution in [0.5, 0.6) is 0 Å². The second-order valence-electron chi connectivity index (χ2n) is 6.90. The van der Waals surface area contributed by atoms with E-state index in [-0.39, 0.29) is 0 Å². The zero-order valence-electron chi connectivity index (χ0n) is 13.0. The summed E-state index contributed by atoms with van der Waals surface area (Å²) in [5.74, 6) is 0.491. The number of nitrogens with one attached hydrogen (secondary N) is 1. The van der Waals surface area contributed by atoms with Crippen molar-refractivity contribution < 1.29 is 8.42 Å². The van der Waals surface area contributed by atoms with Crippen molar-refractivity contribution >= 4 is 10.2 Å². The Morgan fingerprint density at radius 3 is 2.33 bits per heavy atom. The zero-order chi connectivity index (χ0) is 14.7. The average Bonchev–Trinajstić information content (AvgIpc) is 3.17. The van der Waals surface area contributed by atoms with Gasteiger partial charge in [-0.15, -0.1) is 0 Å². The quantitative estimate of drug-likeness (QED) is 0.838. The van der Waals surface area contributed by atoms with Crippen molar-refractivity contribution in [3.63, 3.8) is 0 Å². The lowest BCUT2D eigenvalue weighted by Gasteiger charge is -2.27. The number of nitrogens with zero attached hydrogens (tertiary/aromatic N) is 2. The Morgan fingerprint density at radius 2 is 1.62 bits per heavy atom. The van der Waals surface area contributed by atoms with Gasteiger partial charge in [-0.1, -0.05) is 19.3 Å². The summed E-state index contributed by atoms with van der Waals surface area (Å²) in [6.45, 7) is 4.22. The third-order valence-corrected chi connectivity index (χ3v) is 6.94. The third kappa shape index (κ3) is 3.97.